The molecule has 0 fully saturated rings. The number of benzene rings is 2. The van der Waals surface area contributed by atoms with Gasteiger partial charge in [-0.15, -0.1) is 0 Å². The maximum absolute atomic E-state index is 5.38. The monoisotopic (exact) mass is 310 g/mol. The first-order valence-electron chi connectivity index (χ1n) is 7.17. The molecule has 0 aliphatic carbocycles. The molecule has 1 heterocycles. The minimum absolute atomic E-state index is 0.661. The van der Waals surface area contributed by atoms with Crippen LogP contribution in [0.5, 0.6) is 17.2 Å². The van der Waals surface area contributed by atoms with Gasteiger partial charge in [-0.2, -0.15) is 0 Å². The highest BCUT2D eigenvalue weighted by molar-refractivity contribution is 5.95. The number of fused-ring (bicyclic) bond motifs is 1. The van der Waals surface area contributed by atoms with Gasteiger partial charge in [-0.25, -0.2) is 0 Å². The fraction of sp³-hybridized carbons (Fsp3) is 0.167. The highest BCUT2D eigenvalue weighted by Crippen LogP contribution is 2.35. The summed E-state index contributed by atoms with van der Waals surface area (Å²) in [7, 11) is 4.89. The SMILES string of the molecule is COc1ccc(Nc2ccnc3cc(OC)c(OC)cc23)cc1. The van der Waals surface area contributed by atoms with Crippen LogP contribution in [0.2, 0.25) is 0 Å². The van der Waals surface area contributed by atoms with E-state index in [9.17, 15) is 0 Å². The summed E-state index contributed by atoms with van der Waals surface area (Å²) in [6.07, 6.45) is 1.76. The van der Waals surface area contributed by atoms with Crippen molar-refractivity contribution in [2.24, 2.45) is 0 Å². The van der Waals surface area contributed by atoms with E-state index in [-0.39, 0.29) is 0 Å². The van der Waals surface area contributed by atoms with Gasteiger partial charge in [0.15, 0.2) is 11.5 Å². The van der Waals surface area contributed by atoms with Crippen LogP contribution in [-0.2, 0) is 0 Å². The van der Waals surface area contributed by atoms with Gasteiger partial charge >= 0.3 is 0 Å². The molecule has 0 atom stereocenters. The molecular formula is C18H18N2O3. The van der Waals surface area contributed by atoms with Crippen LogP contribution in [0.4, 0.5) is 11.4 Å². The number of pyridine rings is 1. The van der Waals surface area contributed by atoms with E-state index in [1.54, 1.807) is 27.5 Å². The Morgan fingerprint density at radius 2 is 1.52 bits per heavy atom. The average molecular weight is 310 g/mol. The van der Waals surface area contributed by atoms with Crippen LogP contribution >= 0.6 is 0 Å². The van der Waals surface area contributed by atoms with Crippen molar-refractivity contribution < 1.29 is 14.2 Å². The Bertz CT molecular complexity index is 816. The first kappa shape index (κ1) is 15.0. The number of hydrogen-bond acceptors (Lipinski definition) is 5. The molecule has 118 valence electrons. The zero-order chi connectivity index (χ0) is 16.2. The predicted molar refractivity (Wildman–Crippen MR) is 91.1 cm³/mol. The smallest absolute Gasteiger partial charge is 0.162 e. The summed E-state index contributed by atoms with van der Waals surface area (Å²) in [6, 6.07) is 13.5. The number of rotatable bonds is 5. The fourth-order valence-electron chi connectivity index (χ4n) is 2.41. The number of nitrogens with one attached hydrogen (secondary N) is 1. The van der Waals surface area contributed by atoms with E-state index in [1.165, 1.54) is 0 Å². The summed E-state index contributed by atoms with van der Waals surface area (Å²) in [5.41, 5.74) is 2.75. The number of aromatic nitrogens is 1. The van der Waals surface area contributed by atoms with Crippen LogP contribution in [0, 0.1) is 0 Å². The second-order valence-corrected chi connectivity index (χ2v) is 4.94. The second kappa shape index (κ2) is 6.44. The van der Waals surface area contributed by atoms with E-state index < -0.39 is 0 Å². The van der Waals surface area contributed by atoms with E-state index in [2.05, 4.69) is 10.3 Å². The van der Waals surface area contributed by atoms with Crippen molar-refractivity contribution in [1.29, 1.82) is 0 Å². The molecule has 3 aromatic rings. The topological polar surface area (TPSA) is 52.6 Å². The van der Waals surface area contributed by atoms with E-state index in [4.69, 9.17) is 14.2 Å². The van der Waals surface area contributed by atoms with Crippen LogP contribution in [0.25, 0.3) is 10.9 Å². The minimum Gasteiger partial charge on any atom is -0.497 e. The standard InChI is InChI=1S/C18H18N2O3/c1-21-13-6-4-12(5-7-13)20-15-8-9-19-16-11-18(23-3)17(22-2)10-14(15)16/h4-11H,1-3H3,(H,19,20). The van der Waals surface area contributed by atoms with Crippen molar-refractivity contribution in [1.82, 2.24) is 4.98 Å². The van der Waals surface area contributed by atoms with E-state index >= 15 is 0 Å². The Labute approximate surface area is 134 Å². The Balaban J connectivity index is 2.02. The molecule has 1 N–H and O–H groups in total. The van der Waals surface area contributed by atoms with E-state index in [1.807, 2.05) is 42.5 Å². The summed E-state index contributed by atoms with van der Waals surface area (Å²) in [4.78, 5) is 4.40. The lowest BCUT2D eigenvalue weighted by atomic mass is 10.1. The van der Waals surface area contributed by atoms with Gasteiger partial charge in [0.2, 0.25) is 0 Å². The van der Waals surface area contributed by atoms with Crippen molar-refractivity contribution in [3.05, 3.63) is 48.7 Å². The molecule has 0 saturated heterocycles. The van der Waals surface area contributed by atoms with Crippen molar-refractivity contribution >= 4 is 22.3 Å². The Morgan fingerprint density at radius 1 is 0.826 bits per heavy atom. The minimum atomic E-state index is 0.661. The number of nitrogens with zero attached hydrogens (tertiary/aromatic N) is 1. The normalized spacial score (nSPS) is 10.4. The van der Waals surface area contributed by atoms with Gasteiger partial charge in [0.25, 0.3) is 0 Å². The molecule has 1 aromatic heterocycles. The lowest BCUT2D eigenvalue weighted by Crippen LogP contribution is -1.95. The highest BCUT2D eigenvalue weighted by atomic mass is 16.5. The second-order valence-electron chi connectivity index (χ2n) is 4.94. The molecule has 0 unspecified atom stereocenters. The number of anilines is 2. The lowest BCUT2D eigenvalue weighted by Gasteiger charge is -2.13. The maximum atomic E-state index is 5.38. The van der Waals surface area contributed by atoms with Gasteiger partial charge < -0.3 is 19.5 Å². The summed E-state index contributed by atoms with van der Waals surface area (Å²) in [5, 5.41) is 4.35. The van der Waals surface area contributed by atoms with Crippen molar-refractivity contribution in [2.75, 3.05) is 26.6 Å². The first-order valence-corrected chi connectivity index (χ1v) is 7.17. The predicted octanol–water partition coefficient (Wildman–Crippen LogP) is 4.00. The maximum Gasteiger partial charge on any atom is 0.162 e. The molecule has 0 aliphatic heterocycles. The third kappa shape index (κ3) is 2.99. The summed E-state index contributed by atoms with van der Waals surface area (Å²) in [6.45, 7) is 0. The zero-order valence-electron chi connectivity index (χ0n) is 13.3. The van der Waals surface area contributed by atoms with Gasteiger partial charge in [-0.05, 0) is 36.4 Å². The number of ether oxygens (including phenoxy) is 3. The first-order chi connectivity index (χ1) is 11.2. The van der Waals surface area contributed by atoms with Gasteiger partial charge in [0.1, 0.15) is 5.75 Å². The molecule has 0 radical (unpaired) electrons. The van der Waals surface area contributed by atoms with Crippen LogP contribution in [-0.4, -0.2) is 26.3 Å². The van der Waals surface area contributed by atoms with Gasteiger partial charge in [-0.1, -0.05) is 0 Å². The van der Waals surface area contributed by atoms with Crippen LogP contribution in [0.3, 0.4) is 0 Å². The highest BCUT2D eigenvalue weighted by Gasteiger charge is 2.10. The third-order valence-electron chi connectivity index (χ3n) is 3.62. The lowest BCUT2D eigenvalue weighted by molar-refractivity contribution is 0.356. The Kier molecular flexibility index (Phi) is 4.19. The molecule has 0 bridgehead atoms. The molecule has 0 amide bonds. The van der Waals surface area contributed by atoms with Crippen molar-refractivity contribution in [3.63, 3.8) is 0 Å². The largest absolute Gasteiger partial charge is 0.497 e. The van der Waals surface area contributed by atoms with E-state index in [0.29, 0.717) is 11.5 Å². The molecule has 5 heteroatoms. The molecule has 0 aliphatic rings. The van der Waals surface area contributed by atoms with Gasteiger partial charge in [-0.3, -0.25) is 4.98 Å². The number of methoxy groups -OCH3 is 3. The summed E-state index contributed by atoms with van der Waals surface area (Å²) >= 11 is 0. The molecule has 0 saturated carbocycles. The fourth-order valence-corrected chi connectivity index (χ4v) is 2.41. The molecule has 3 rings (SSSR count). The van der Waals surface area contributed by atoms with Crippen LogP contribution < -0.4 is 19.5 Å². The number of hydrogen-bond donors (Lipinski definition) is 1. The Morgan fingerprint density at radius 3 is 2.17 bits per heavy atom. The quantitative estimate of drug-likeness (QED) is 0.772. The van der Waals surface area contributed by atoms with Crippen molar-refractivity contribution in [3.8, 4) is 17.2 Å². The molecule has 5 nitrogen and oxygen atoms in total. The van der Waals surface area contributed by atoms with Gasteiger partial charge in [0, 0.05) is 29.0 Å². The molecule has 2 aromatic carbocycles. The van der Waals surface area contributed by atoms with Crippen LogP contribution in [0.15, 0.2) is 48.7 Å². The third-order valence-corrected chi connectivity index (χ3v) is 3.62. The molecular weight excluding hydrogens is 292 g/mol. The van der Waals surface area contributed by atoms with Crippen LogP contribution in [0.1, 0.15) is 0 Å². The summed E-state index contributed by atoms with van der Waals surface area (Å²) in [5.74, 6) is 2.15. The zero-order valence-corrected chi connectivity index (χ0v) is 13.3. The molecule has 0 spiro atoms. The average Bonchev–Trinajstić information content (AvgIpc) is 2.61. The summed E-state index contributed by atoms with van der Waals surface area (Å²) < 4.78 is 15.9. The Hall–Kier alpha value is -2.95. The van der Waals surface area contributed by atoms with Crippen molar-refractivity contribution in [2.45, 2.75) is 0 Å². The van der Waals surface area contributed by atoms with E-state index in [0.717, 1.165) is 28.0 Å². The molecule has 23 heavy (non-hydrogen) atoms. The van der Waals surface area contributed by atoms with Gasteiger partial charge in [0.05, 0.1) is 26.8 Å².